The van der Waals surface area contributed by atoms with E-state index in [1.165, 1.54) is 0 Å². The van der Waals surface area contributed by atoms with Gasteiger partial charge in [-0.3, -0.25) is 5.32 Å². The van der Waals surface area contributed by atoms with Gasteiger partial charge >= 0.3 is 6.03 Å². The van der Waals surface area contributed by atoms with Crippen molar-refractivity contribution in [1.29, 1.82) is 0 Å². The summed E-state index contributed by atoms with van der Waals surface area (Å²) < 4.78 is 7.67. The lowest BCUT2D eigenvalue weighted by atomic mass is 10.2. The van der Waals surface area contributed by atoms with Crippen LogP contribution in [0.3, 0.4) is 0 Å². The fourth-order valence-corrected chi connectivity index (χ4v) is 2.48. The SMILES string of the molecule is CCn1cnnc1[C@@H]1CN(C(=O)Nc2ccc(C)cn2)CCO1. The van der Waals surface area contributed by atoms with Gasteiger partial charge in [0.25, 0.3) is 0 Å². The molecule has 8 nitrogen and oxygen atoms in total. The van der Waals surface area contributed by atoms with Crippen molar-refractivity contribution in [1.82, 2.24) is 24.6 Å². The molecule has 0 bridgehead atoms. The monoisotopic (exact) mass is 316 g/mol. The second-order valence-electron chi connectivity index (χ2n) is 5.43. The summed E-state index contributed by atoms with van der Waals surface area (Å²) in [6, 6.07) is 3.52. The molecule has 3 heterocycles. The number of amides is 2. The minimum Gasteiger partial charge on any atom is -0.366 e. The zero-order chi connectivity index (χ0) is 16.2. The van der Waals surface area contributed by atoms with Crippen LogP contribution in [-0.2, 0) is 11.3 Å². The smallest absolute Gasteiger partial charge is 0.323 e. The number of carbonyl (C=O) groups is 1. The van der Waals surface area contributed by atoms with Crippen LogP contribution in [0.25, 0.3) is 0 Å². The number of nitrogens with zero attached hydrogens (tertiary/aromatic N) is 5. The molecule has 0 aliphatic carbocycles. The number of carbonyl (C=O) groups excluding carboxylic acids is 1. The van der Waals surface area contributed by atoms with Crippen molar-refractivity contribution in [2.24, 2.45) is 0 Å². The number of hydrogen-bond donors (Lipinski definition) is 1. The molecule has 23 heavy (non-hydrogen) atoms. The van der Waals surface area contributed by atoms with E-state index in [0.29, 0.717) is 25.5 Å². The van der Waals surface area contributed by atoms with E-state index in [1.807, 2.05) is 24.5 Å². The van der Waals surface area contributed by atoms with Crippen LogP contribution in [0.4, 0.5) is 10.6 Å². The Morgan fingerprint density at radius 3 is 3.09 bits per heavy atom. The van der Waals surface area contributed by atoms with E-state index in [0.717, 1.165) is 17.9 Å². The molecule has 1 aliphatic rings. The van der Waals surface area contributed by atoms with Gasteiger partial charge in [-0.1, -0.05) is 6.07 Å². The standard InChI is InChI=1S/C15H20N6O2/c1-3-20-10-17-19-14(20)12-9-21(6-7-23-12)15(22)18-13-5-4-11(2)8-16-13/h4-5,8,10,12H,3,6-7,9H2,1-2H3,(H,16,18,22)/t12-/m0/s1. The summed E-state index contributed by atoms with van der Waals surface area (Å²) in [5.74, 6) is 1.29. The highest BCUT2D eigenvalue weighted by molar-refractivity contribution is 5.88. The number of ether oxygens (including phenoxy) is 1. The second-order valence-corrected chi connectivity index (χ2v) is 5.43. The molecule has 2 amide bonds. The van der Waals surface area contributed by atoms with Gasteiger partial charge < -0.3 is 14.2 Å². The van der Waals surface area contributed by atoms with E-state index in [2.05, 4.69) is 20.5 Å². The molecule has 0 aromatic carbocycles. The van der Waals surface area contributed by atoms with E-state index in [-0.39, 0.29) is 12.1 Å². The highest BCUT2D eigenvalue weighted by Gasteiger charge is 2.28. The van der Waals surface area contributed by atoms with Crippen molar-refractivity contribution in [2.75, 3.05) is 25.0 Å². The van der Waals surface area contributed by atoms with Gasteiger partial charge in [-0.25, -0.2) is 9.78 Å². The van der Waals surface area contributed by atoms with Crippen LogP contribution < -0.4 is 5.32 Å². The largest absolute Gasteiger partial charge is 0.366 e. The zero-order valence-electron chi connectivity index (χ0n) is 13.3. The Balaban J connectivity index is 1.66. The van der Waals surface area contributed by atoms with Crippen LogP contribution in [0, 0.1) is 6.92 Å². The fourth-order valence-electron chi connectivity index (χ4n) is 2.48. The molecule has 0 spiro atoms. The Labute approximate surface area is 134 Å². The number of anilines is 1. The molecular weight excluding hydrogens is 296 g/mol. The molecule has 122 valence electrons. The zero-order valence-corrected chi connectivity index (χ0v) is 13.3. The summed E-state index contributed by atoms with van der Waals surface area (Å²) in [5, 5.41) is 10.8. The summed E-state index contributed by atoms with van der Waals surface area (Å²) in [7, 11) is 0. The molecule has 1 aliphatic heterocycles. The van der Waals surface area contributed by atoms with Gasteiger partial charge in [0.1, 0.15) is 18.2 Å². The van der Waals surface area contributed by atoms with Crippen LogP contribution in [0.2, 0.25) is 0 Å². The summed E-state index contributed by atoms with van der Waals surface area (Å²) in [6.07, 6.45) is 3.14. The molecule has 1 N–H and O–H groups in total. The van der Waals surface area contributed by atoms with Gasteiger partial charge in [0.15, 0.2) is 5.82 Å². The number of pyridine rings is 1. The maximum Gasteiger partial charge on any atom is 0.323 e. The Kier molecular flexibility index (Phi) is 4.52. The number of aromatic nitrogens is 4. The number of rotatable bonds is 3. The maximum absolute atomic E-state index is 12.4. The van der Waals surface area contributed by atoms with Crippen LogP contribution >= 0.6 is 0 Å². The van der Waals surface area contributed by atoms with Gasteiger partial charge in [-0.15, -0.1) is 10.2 Å². The minimum absolute atomic E-state index is 0.183. The quantitative estimate of drug-likeness (QED) is 0.930. The van der Waals surface area contributed by atoms with Gasteiger partial charge in [-0.05, 0) is 25.5 Å². The fraction of sp³-hybridized carbons (Fsp3) is 0.467. The van der Waals surface area contributed by atoms with Crippen molar-refractivity contribution in [2.45, 2.75) is 26.5 Å². The van der Waals surface area contributed by atoms with Crippen LogP contribution in [-0.4, -0.2) is 50.4 Å². The Morgan fingerprint density at radius 1 is 1.48 bits per heavy atom. The first-order chi connectivity index (χ1) is 11.2. The third kappa shape index (κ3) is 3.48. The van der Waals surface area contributed by atoms with Crippen molar-refractivity contribution < 1.29 is 9.53 Å². The van der Waals surface area contributed by atoms with Crippen LogP contribution in [0.15, 0.2) is 24.7 Å². The minimum atomic E-state index is -0.261. The molecule has 1 atom stereocenters. The van der Waals surface area contributed by atoms with Crippen molar-refractivity contribution in [3.05, 3.63) is 36.0 Å². The second kappa shape index (κ2) is 6.74. The Bertz CT molecular complexity index is 669. The molecule has 2 aromatic heterocycles. The van der Waals surface area contributed by atoms with Gasteiger partial charge in [0, 0.05) is 19.3 Å². The topological polar surface area (TPSA) is 85.2 Å². The predicted molar refractivity (Wildman–Crippen MR) is 84.0 cm³/mol. The van der Waals surface area contributed by atoms with Crippen molar-refractivity contribution in [3.8, 4) is 0 Å². The van der Waals surface area contributed by atoms with E-state index in [4.69, 9.17) is 4.74 Å². The first-order valence-electron chi connectivity index (χ1n) is 7.65. The summed E-state index contributed by atoms with van der Waals surface area (Å²) in [4.78, 5) is 18.3. The number of nitrogens with one attached hydrogen (secondary N) is 1. The van der Waals surface area contributed by atoms with E-state index in [1.54, 1.807) is 23.5 Å². The summed E-state index contributed by atoms with van der Waals surface area (Å²) >= 11 is 0. The first-order valence-corrected chi connectivity index (χ1v) is 7.65. The van der Waals surface area contributed by atoms with E-state index >= 15 is 0 Å². The lowest BCUT2D eigenvalue weighted by Crippen LogP contribution is -2.45. The van der Waals surface area contributed by atoms with Gasteiger partial charge in [-0.2, -0.15) is 0 Å². The van der Waals surface area contributed by atoms with Gasteiger partial charge in [0.05, 0.1) is 13.2 Å². The normalized spacial score (nSPS) is 18.0. The molecule has 8 heteroatoms. The predicted octanol–water partition coefficient (Wildman–Crippen LogP) is 1.61. The molecule has 2 aromatic rings. The number of urea groups is 1. The highest BCUT2D eigenvalue weighted by atomic mass is 16.5. The Morgan fingerprint density at radius 2 is 2.35 bits per heavy atom. The molecule has 0 saturated carbocycles. The first kappa shape index (κ1) is 15.4. The lowest BCUT2D eigenvalue weighted by molar-refractivity contribution is -0.0199. The molecule has 0 radical (unpaired) electrons. The third-order valence-corrected chi connectivity index (χ3v) is 3.77. The van der Waals surface area contributed by atoms with Gasteiger partial charge in [0.2, 0.25) is 0 Å². The number of hydrogen-bond acceptors (Lipinski definition) is 5. The van der Waals surface area contributed by atoms with Crippen molar-refractivity contribution in [3.63, 3.8) is 0 Å². The van der Waals surface area contributed by atoms with Crippen molar-refractivity contribution >= 4 is 11.8 Å². The lowest BCUT2D eigenvalue weighted by Gasteiger charge is -2.32. The third-order valence-electron chi connectivity index (χ3n) is 3.77. The number of aryl methyl sites for hydroxylation is 2. The summed E-state index contributed by atoms with van der Waals surface area (Å²) in [6.45, 7) is 6.18. The molecule has 1 saturated heterocycles. The average molecular weight is 316 g/mol. The molecule has 1 fully saturated rings. The molecular formula is C15H20N6O2. The molecule has 0 unspecified atom stereocenters. The molecule has 3 rings (SSSR count). The van der Waals surface area contributed by atoms with E-state index < -0.39 is 0 Å². The highest BCUT2D eigenvalue weighted by Crippen LogP contribution is 2.21. The van der Waals surface area contributed by atoms with Crippen LogP contribution in [0.5, 0.6) is 0 Å². The summed E-state index contributed by atoms with van der Waals surface area (Å²) in [5.41, 5.74) is 1.05. The Hall–Kier alpha value is -2.48. The average Bonchev–Trinajstić information content (AvgIpc) is 3.06. The maximum atomic E-state index is 12.4. The van der Waals surface area contributed by atoms with Crippen LogP contribution in [0.1, 0.15) is 24.4 Å². The van der Waals surface area contributed by atoms with E-state index in [9.17, 15) is 4.79 Å². The number of morpholine rings is 1.